The van der Waals surface area contributed by atoms with Crippen molar-refractivity contribution < 1.29 is 0 Å². The topological polar surface area (TPSA) is 41.0 Å². The summed E-state index contributed by atoms with van der Waals surface area (Å²) in [5.41, 5.74) is 2.03. The molecular formula is C16H20N4. The van der Waals surface area contributed by atoms with E-state index in [1.165, 1.54) is 6.42 Å². The highest BCUT2D eigenvalue weighted by atomic mass is 15.2. The zero-order chi connectivity index (χ0) is 13.8. The number of aromatic nitrogens is 2. The van der Waals surface area contributed by atoms with Gasteiger partial charge >= 0.3 is 0 Å². The second kappa shape index (κ2) is 6.01. The fourth-order valence-electron chi connectivity index (χ4n) is 2.64. The number of nitrogens with one attached hydrogen (secondary N) is 1. The lowest BCUT2D eigenvalue weighted by Gasteiger charge is -2.21. The first-order valence-electron chi connectivity index (χ1n) is 7.14. The highest BCUT2D eigenvalue weighted by Crippen LogP contribution is 2.18. The van der Waals surface area contributed by atoms with Crippen molar-refractivity contribution in [1.82, 2.24) is 15.5 Å². The molecule has 1 aromatic carbocycles. The molecular weight excluding hydrogens is 248 g/mol. The summed E-state index contributed by atoms with van der Waals surface area (Å²) in [5, 5.41) is 12.1. The lowest BCUT2D eigenvalue weighted by atomic mass is 10.1. The molecule has 1 saturated heterocycles. The first kappa shape index (κ1) is 13.1. The Hall–Kier alpha value is -1.94. The molecule has 1 aliphatic rings. The number of nitrogens with zero attached hydrogens (tertiary/aromatic N) is 3. The Kier molecular flexibility index (Phi) is 3.92. The van der Waals surface area contributed by atoms with Crippen LogP contribution >= 0.6 is 0 Å². The van der Waals surface area contributed by atoms with E-state index in [0.717, 1.165) is 42.6 Å². The smallest absolute Gasteiger partial charge is 0.151 e. The predicted molar refractivity (Wildman–Crippen MR) is 81.7 cm³/mol. The van der Waals surface area contributed by atoms with Crippen molar-refractivity contribution in [1.29, 1.82) is 0 Å². The quantitative estimate of drug-likeness (QED) is 0.923. The lowest BCUT2D eigenvalue weighted by molar-refractivity contribution is 0.574. The minimum absolute atomic E-state index is 0.718. The summed E-state index contributed by atoms with van der Waals surface area (Å²) in [6.07, 6.45) is 1.25. The zero-order valence-electron chi connectivity index (χ0n) is 11.8. The van der Waals surface area contributed by atoms with Gasteiger partial charge in [-0.3, -0.25) is 0 Å². The van der Waals surface area contributed by atoms with Crippen LogP contribution in [-0.2, 0) is 0 Å². The van der Waals surface area contributed by atoms with Crippen molar-refractivity contribution in [3.05, 3.63) is 42.5 Å². The second-order valence-electron chi connectivity index (χ2n) is 5.38. The summed E-state index contributed by atoms with van der Waals surface area (Å²) in [6, 6.07) is 14.2. The van der Waals surface area contributed by atoms with Gasteiger partial charge in [0, 0.05) is 19.2 Å². The van der Waals surface area contributed by atoms with Crippen molar-refractivity contribution >= 4 is 5.82 Å². The van der Waals surface area contributed by atoms with Crippen LogP contribution in [0.1, 0.15) is 6.42 Å². The number of anilines is 1. The van der Waals surface area contributed by atoms with Crippen LogP contribution in [0.5, 0.6) is 0 Å². The Morgan fingerprint density at radius 2 is 2.00 bits per heavy atom. The maximum Gasteiger partial charge on any atom is 0.151 e. The van der Waals surface area contributed by atoms with E-state index >= 15 is 0 Å². The Bertz CT molecular complexity index is 532. The van der Waals surface area contributed by atoms with E-state index in [1.807, 2.05) is 24.3 Å². The monoisotopic (exact) mass is 268 g/mol. The summed E-state index contributed by atoms with van der Waals surface area (Å²) >= 11 is 0. The molecule has 1 fully saturated rings. The van der Waals surface area contributed by atoms with E-state index in [4.69, 9.17) is 0 Å². The summed E-state index contributed by atoms with van der Waals surface area (Å²) < 4.78 is 0. The van der Waals surface area contributed by atoms with Crippen molar-refractivity contribution in [2.24, 2.45) is 5.92 Å². The maximum atomic E-state index is 4.35. The van der Waals surface area contributed by atoms with E-state index in [9.17, 15) is 0 Å². The van der Waals surface area contributed by atoms with E-state index in [-0.39, 0.29) is 0 Å². The molecule has 104 valence electrons. The van der Waals surface area contributed by atoms with Gasteiger partial charge in [0.1, 0.15) is 0 Å². The molecule has 1 unspecified atom stereocenters. The van der Waals surface area contributed by atoms with Gasteiger partial charge in [-0.05, 0) is 37.6 Å². The Balaban J connectivity index is 1.69. The van der Waals surface area contributed by atoms with Crippen LogP contribution in [0.25, 0.3) is 11.3 Å². The molecule has 0 radical (unpaired) electrons. The molecule has 1 N–H and O–H groups in total. The van der Waals surface area contributed by atoms with Gasteiger partial charge in [0.05, 0.1) is 5.69 Å². The standard InChI is InChI=1S/C16H20N4/c1-20(12-13-9-10-17-11-13)16-8-7-15(18-19-16)14-5-3-2-4-6-14/h2-8,13,17H,9-12H2,1H3. The summed E-state index contributed by atoms with van der Waals surface area (Å²) in [6.45, 7) is 3.28. The molecule has 3 rings (SSSR count). The Labute approximate surface area is 119 Å². The lowest BCUT2D eigenvalue weighted by Crippen LogP contribution is -2.27. The predicted octanol–water partition coefficient (Wildman–Crippen LogP) is 2.19. The minimum atomic E-state index is 0.718. The van der Waals surface area contributed by atoms with Crippen LogP contribution < -0.4 is 10.2 Å². The average molecular weight is 268 g/mol. The van der Waals surface area contributed by atoms with Crippen LogP contribution in [-0.4, -0.2) is 36.9 Å². The molecule has 0 amide bonds. The molecule has 0 aliphatic carbocycles. The molecule has 0 spiro atoms. The summed E-state index contributed by atoms with van der Waals surface area (Å²) in [5.74, 6) is 1.66. The third-order valence-corrected chi connectivity index (χ3v) is 3.81. The SMILES string of the molecule is CN(CC1CCNC1)c1ccc(-c2ccccc2)nn1. The maximum absolute atomic E-state index is 4.35. The van der Waals surface area contributed by atoms with Gasteiger partial charge in [0.15, 0.2) is 5.82 Å². The fourth-order valence-corrected chi connectivity index (χ4v) is 2.64. The summed E-state index contributed by atoms with van der Waals surface area (Å²) in [4.78, 5) is 2.19. The van der Waals surface area contributed by atoms with Gasteiger partial charge in [-0.25, -0.2) is 0 Å². The molecule has 0 bridgehead atoms. The molecule has 2 aromatic rings. The number of rotatable bonds is 4. The number of benzene rings is 1. The number of hydrogen-bond acceptors (Lipinski definition) is 4. The van der Waals surface area contributed by atoms with Gasteiger partial charge in [0.2, 0.25) is 0 Å². The van der Waals surface area contributed by atoms with Crippen molar-refractivity contribution in [2.45, 2.75) is 6.42 Å². The zero-order valence-corrected chi connectivity index (χ0v) is 11.8. The molecule has 20 heavy (non-hydrogen) atoms. The first-order chi connectivity index (χ1) is 9.83. The minimum Gasteiger partial charge on any atom is -0.358 e. The third-order valence-electron chi connectivity index (χ3n) is 3.81. The largest absolute Gasteiger partial charge is 0.358 e. The third kappa shape index (κ3) is 2.96. The van der Waals surface area contributed by atoms with Crippen molar-refractivity contribution in [3.8, 4) is 11.3 Å². The van der Waals surface area contributed by atoms with E-state index in [2.05, 4.69) is 45.7 Å². The van der Waals surface area contributed by atoms with Gasteiger partial charge < -0.3 is 10.2 Å². The van der Waals surface area contributed by atoms with Crippen molar-refractivity contribution in [2.75, 3.05) is 31.6 Å². The van der Waals surface area contributed by atoms with Crippen LogP contribution in [0, 0.1) is 5.92 Å². The van der Waals surface area contributed by atoms with Gasteiger partial charge in [-0.2, -0.15) is 0 Å². The average Bonchev–Trinajstić information content (AvgIpc) is 3.01. The highest BCUT2D eigenvalue weighted by Gasteiger charge is 2.17. The second-order valence-corrected chi connectivity index (χ2v) is 5.38. The molecule has 2 heterocycles. The molecule has 0 saturated carbocycles. The van der Waals surface area contributed by atoms with Crippen molar-refractivity contribution in [3.63, 3.8) is 0 Å². The normalized spacial score (nSPS) is 18.1. The van der Waals surface area contributed by atoms with E-state index < -0.39 is 0 Å². The van der Waals surface area contributed by atoms with Gasteiger partial charge in [-0.15, -0.1) is 10.2 Å². The first-order valence-corrected chi connectivity index (χ1v) is 7.14. The molecule has 1 aromatic heterocycles. The highest BCUT2D eigenvalue weighted by molar-refractivity contribution is 5.59. The van der Waals surface area contributed by atoms with Crippen LogP contribution in [0.2, 0.25) is 0 Å². The van der Waals surface area contributed by atoms with Gasteiger partial charge in [0.25, 0.3) is 0 Å². The summed E-state index contributed by atoms with van der Waals surface area (Å²) in [7, 11) is 2.09. The molecule has 1 aliphatic heterocycles. The molecule has 4 nitrogen and oxygen atoms in total. The fraction of sp³-hybridized carbons (Fsp3) is 0.375. The van der Waals surface area contributed by atoms with Crippen LogP contribution in [0.15, 0.2) is 42.5 Å². The number of hydrogen-bond donors (Lipinski definition) is 1. The Morgan fingerprint density at radius 3 is 2.65 bits per heavy atom. The van der Waals surface area contributed by atoms with Gasteiger partial charge in [-0.1, -0.05) is 30.3 Å². The molecule has 4 heteroatoms. The van der Waals surface area contributed by atoms with E-state index in [0.29, 0.717) is 0 Å². The van der Waals surface area contributed by atoms with Crippen LogP contribution in [0.3, 0.4) is 0 Å². The van der Waals surface area contributed by atoms with E-state index in [1.54, 1.807) is 0 Å². The Morgan fingerprint density at radius 1 is 1.15 bits per heavy atom. The molecule has 1 atom stereocenters. The van der Waals surface area contributed by atoms with Crippen LogP contribution in [0.4, 0.5) is 5.82 Å².